The van der Waals surface area contributed by atoms with Gasteiger partial charge in [-0.1, -0.05) is 29.8 Å². The van der Waals surface area contributed by atoms with Crippen LogP contribution in [0.15, 0.2) is 24.3 Å². The van der Waals surface area contributed by atoms with Gasteiger partial charge in [0.1, 0.15) is 6.04 Å². The van der Waals surface area contributed by atoms with Crippen molar-refractivity contribution in [3.05, 3.63) is 35.4 Å². The molecule has 1 N–H and O–H groups in total. The molecule has 0 saturated heterocycles. The summed E-state index contributed by atoms with van der Waals surface area (Å²) >= 11 is 0. The van der Waals surface area contributed by atoms with Crippen LogP contribution < -0.4 is 5.32 Å². The van der Waals surface area contributed by atoms with Gasteiger partial charge >= 0.3 is 5.97 Å². The fourth-order valence-corrected chi connectivity index (χ4v) is 1.67. The van der Waals surface area contributed by atoms with Crippen molar-refractivity contribution < 1.29 is 14.3 Å². The number of carbonyl (C=O) groups is 2. The Morgan fingerprint density at radius 2 is 2.11 bits per heavy atom. The second kappa shape index (κ2) is 6.79. The van der Waals surface area contributed by atoms with E-state index in [1.54, 1.807) is 6.92 Å². The molecule has 1 amide bonds. The van der Waals surface area contributed by atoms with Crippen LogP contribution >= 0.6 is 0 Å². The smallest absolute Gasteiger partial charge is 0.328 e. The summed E-state index contributed by atoms with van der Waals surface area (Å²) in [6, 6.07) is 7.43. The summed E-state index contributed by atoms with van der Waals surface area (Å²) in [6.07, 6.45) is 1.03. The zero-order valence-corrected chi connectivity index (χ0v) is 11.0. The van der Waals surface area contributed by atoms with Gasteiger partial charge in [0.05, 0.1) is 7.11 Å². The third-order valence-corrected chi connectivity index (χ3v) is 2.66. The van der Waals surface area contributed by atoms with Gasteiger partial charge in [-0.25, -0.2) is 4.79 Å². The maximum atomic E-state index is 11.6. The van der Waals surface area contributed by atoms with E-state index < -0.39 is 12.0 Å². The molecule has 0 radical (unpaired) electrons. The fourth-order valence-electron chi connectivity index (χ4n) is 1.67. The van der Waals surface area contributed by atoms with Crippen LogP contribution in [0.25, 0.3) is 0 Å². The number of aryl methyl sites for hydroxylation is 2. The van der Waals surface area contributed by atoms with Gasteiger partial charge in [-0.05, 0) is 25.8 Å². The molecule has 4 heteroatoms. The lowest BCUT2D eigenvalue weighted by molar-refractivity contribution is -0.144. The molecule has 0 saturated carbocycles. The van der Waals surface area contributed by atoms with Gasteiger partial charge in [0, 0.05) is 6.42 Å². The summed E-state index contributed by atoms with van der Waals surface area (Å²) in [6.45, 7) is 3.62. The van der Waals surface area contributed by atoms with Crippen molar-refractivity contribution in [1.29, 1.82) is 0 Å². The summed E-state index contributed by atoms with van der Waals surface area (Å²) in [7, 11) is 1.30. The Kier molecular flexibility index (Phi) is 5.36. The largest absolute Gasteiger partial charge is 0.467 e. The average molecular weight is 249 g/mol. The minimum atomic E-state index is -0.597. The van der Waals surface area contributed by atoms with E-state index in [4.69, 9.17) is 0 Å². The number of hydrogen-bond acceptors (Lipinski definition) is 3. The van der Waals surface area contributed by atoms with E-state index in [2.05, 4.69) is 16.1 Å². The highest BCUT2D eigenvalue weighted by Gasteiger charge is 2.15. The third kappa shape index (κ3) is 4.57. The Labute approximate surface area is 107 Å². The molecule has 4 nitrogen and oxygen atoms in total. The minimum absolute atomic E-state index is 0.144. The minimum Gasteiger partial charge on any atom is -0.467 e. The topological polar surface area (TPSA) is 55.4 Å². The van der Waals surface area contributed by atoms with Crippen LogP contribution in [0.1, 0.15) is 24.5 Å². The summed E-state index contributed by atoms with van der Waals surface area (Å²) in [5.41, 5.74) is 2.30. The predicted molar refractivity (Wildman–Crippen MR) is 69.1 cm³/mol. The van der Waals surface area contributed by atoms with Crippen LogP contribution in [0.2, 0.25) is 0 Å². The van der Waals surface area contributed by atoms with E-state index in [0.717, 1.165) is 5.56 Å². The Balaban J connectivity index is 2.40. The van der Waals surface area contributed by atoms with Crippen LogP contribution in [0.4, 0.5) is 0 Å². The Morgan fingerprint density at radius 1 is 1.39 bits per heavy atom. The summed E-state index contributed by atoms with van der Waals surface area (Å²) in [5, 5.41) is 2.60. The van der Waals surface area contributed by atoms with Crippen molar-refractivity contribution in [2.24, 2.45) is 0 Å². The number of rotatable bonds is 5. The molecule has 1 rings (SSSR count). The molecule has 1 aromatic rings. The zero-order chi connectivity index (χ0) is 13.5. The Bertz CT molecular complexity index is 429. The molecule has 18 heavy (non-hydrogen) atoms. The normalized spacial score (nSPS) is 11.7. The van der Waals surface area contributed by atoms with Gasteiger partial charge in [0.25, 0.3) is 0 Å². The average Bonchev–Trinajstić information content (AvgIpc) is 2.35. The molecule has 98 valence electrons. The number of benzene rings is 1. The monoisotopic (exact) mass is 249 g/mol. The summed E-state index contributed by atoms with van der Waals surface area (Å²) < 4.78 is 4.54. The van der Waals surface area contributed by atoms with Crippen LogP contribution in [-0.2, 0) is 20.7 Å². The van der Waals surface area contributed by atoms with Gasteiger partial charge in [-0.15, -0.1) is 0 Å². The molecular formula is C14H19NO3. The predicted octanol–water partition coefficient (Wildman–Crippen LogP) is 1.61. The van der Waals surface area contributed by atoms with Crippen LogP contribution in [-0.4, -0.2) is 25.0 Å². The van der Waals surface area contributed by atoms with E-state index in [1.165, 1.54) is 12.7 Å². The zero-order valence-electron chi connectivity index (χ0n) is 11.0. The molecule has 0 aliphatic rings. The SMILES string of the molecule is COC(=O)C(C)NC(=O)CCc1cccc(C)c1. The second-order valence-corrected chi connectivity index (χ2v) is 4.30. The number of amides is 1. The van der Waals surface area contributed by atoms with Crippen molar-refractivity contribution in [2.75, 3.05) is 7.11 Å². The summed E-state index contributed by atoms with van der Waals surface area (Å²) in [5.74, 6) is -0.576. The van der Waals surface area contributed by atoms with Gasteiger partial charge in [-0.3, -0.25) is 4.79 Å². The first-order valence-electron chi connectivity index (χ1n) is 5.95. The van der Waals surface area contributed by atoms with Crippen molar-refractivity contribution in [3.63, 3.8) is 0 Å². The van der Waals surface area contributed by atoms with Crippen LogP contribution in [0.3, 0.4) is 0 Å². The molecule has 1 aromatic carbocycles. The van der Waals surface area contributed by atoms with Crippen molar-refractivity contribution >= 4 is 11.9 Å². The number of esters is 1. The molecule has 0 aliphatic heterocycles. The molecule has 1 atom stereocenters. The van der Waals surface area contributed by atoms with Gasteiger partial charge in [0.2, 0.25) is 5.91 Å². The van der Waals surface area contributed by atoms with Crippen molar-refractivity contribution in [2.45, 2.75) is 32.7 Å². The molecule has 0 aromatic heterocycles. The maximum absolute atomic E-state index is 11.6. The molecule has 0 aliphatic carbocycles. The molecule has 0 spiro atoms. The van der Waals surface area contributed by atoms with Crippen molar-refractivity contribution in [1.82, 2.24) is 5.32 Å². The highest BCUT2D eigenvalue weighted by molar-refractivity contribution is 5.84. The molecule has 0 heterocycles. The lowest BCUT2D eigenvalue weighted by atomic mass is 10.1. The van der Waals surface area contributed by atoms with E-state index in [0.29, 0.717) is 12.8 Å². The molecule has 0 bridgehead atoms. The summed E-state index contributed by atoms with van der Waals surface area (Å²) in [4.78, 5) is 22.7. The van der Waals surface area contributed by atoms with E-state index >= 15 is 0 Å². The first kappa shape index (κ1) is 14.2. The molecular weight excluding hydrogens is 230 g/mol. The van der Waals surface area contributed by atoms with E-state index in [1.807, 2.05) is 25.1 Å². The fraction of sp³-hybridized carbons (Fsp3) is 0.429. The maximum Gasteiger partial charge on any atom is 0.328 e. The van der Waals surface area contributed by atoms with E-state index in [9.17, 15) is 9.59 Å². The number of methoxy groups -OCH3 is 1. The third-order valence-electron chi connectivity index (χ3n) is 2.66. The quantitative estimate of drug-likeness (QED) is 0.806. The Morgan fingerprint density at radius 3 is 2.72 bits per heavy atom. The number of carbonyl (C=O) groups excluding carboxylic acids is 2. The molecule has 1 unspecified atom stereocenters. The van der Waals surface area contributed by atoms with Crippen LogP contribution in [0.5, 0.6) is 0 Å². The highest BCUT2D eigenvalue weighted by Crippen LogP contribution is 2.06. The first-order chi connectivity index (χ1) is 8.52. The van der Waals surface area contributed by atoms with Gasteiger partial charge < -0.3 is 10.1 Å². The highest BCUT2D eigenvalue weighted by atomic mass is 16.5. The number of hydrogen-bond donors (Lipinski definition) is 1. The standard InChI is InChI=1S/C14H19NO3/c1-10-5-4-6-12(9-10)7-8-13(16)15-11(2)14(17)18-3/h4-6,9,11H,7-8H2,1-3H3,(H,15,16). The van der Waals surface area contributed by atoms with E-state index in [-0.39, 0.29) is 5.91 Å². The molecule has 0 fully saturated rings. The lowest BCUT2D eigenvalue weighted by Gasteiger charge is -2.11. The van der Waals surface area contributed by atoms with Gasteiger partial charge in [-0.2, -0.15) is 0 Å². The second-order valence-electron chi connectivity index (χ2n) is 4.30. The van der Waals surface area contributed by atoms with Gasteiger partial charge in [0.15, 0.2) is 0 Å². The van der Waals surface area contributed by atoms with Crippen molar-refractivity contribution in [3.8, 4) is 0 Å². The first-order valence-corrected chi connectivity index (χ1v) is 5.95. The van der Waals surface area contributed by atoms with Crippen LogP contribution in [0, 0.1) is 6.92 Å². The Hall–Kier alpha value is -1.84. The lowest BCUT2D eigenvalue weighted by Crippen LogP contribution is -2.39. The number of nitrogens with one attached hydrogen (secondary N) is 1. The number of ether oxygens (including phenoxy) is 1.